The van der Waals surface area contributed by atoms with Gasteiger partial charge in [0.2, 0.25) is 0 Å². The Labute approximate surface area is 119 Å². The summed E-state index contributed by atoms with van der Waals surface area (Å²) in [6.07, 6.45) is -2.92. The Bertz CT molecular complexity index is 548. The minimum atomic E-state index is -1.18. The lowest BCUT2D eigenvalue weighted by atomic mass is 10.1. The van der Waals surface area contributed by atoms with E-state index in [1.54, 1.807) is 0 Å². The molecule has 8 nitrogen and oxygen atoms in total. The molecule has 1 aromatic rings. The second kappa shape index (κ2) is 6.09. The Balaban J connectivity index is 2.38. The Morgan fingerprint density at radius 1 is 1.53 bits per heavy atom. The summed E-state index contributed by atoms with van der Waals surface area (Å²) < 4.78 is 23.9. The molecule has 1 unspecified atom stereocenters. The normalized spacial score (nSPS) is 30.7. The van der Waals surface area contributed by atoms with Gasteiger partial charge in [-0.3, -0.25) is 14.3 Å². The van der Waals surface area contributed by atoms with Gasteiger partial charge < -0.3 is 12.9 Å². The van der Waals surface area contributed by atoms with E-state index in [0.717, 1.165) is 10.6 Å². The van der Waals surface area contributed by atoms with Gasteiger partial charge in [-0.25, -0.2) is 4.79 Å². The van der Waals surface area contributed by atoms with E-state index in [1.807, 2.05) is 4.98 Å². The van der Waals surface area contributed by atoms with Crippen LogP contribution in [0.1, 0.15) is 6.23 Å². The minimum absolute atomic E-state index is 0.500. The number of nitrogens with one attached hydrogen (secondary N) is 1. The topological polar surface area (TPSA) is 103 Å². The molecule has 1 aromatic heterocycles. The lowest BCUT2D eigenvalue weighted by Crippen LogP contribution is -2.38. The highest BCUT2D eigenvalue weighted by atomic mass is 127. The van der Waals surface area contributed by atoms with Crippen LogP contribution in [0.25, 0.3) is 0 Å². The summed E-state index contributed by atoms with van der Waals surface area (Å²) in [4.78, 5) is 28.4. The molecule has 0 aromatic carbocycles. The molecular weight excluding hydrogens is 378 g/mol. The van der Waals surface area contributed by atoms with Crippen molar-refractivity contribution in [3.05, 3.63) is 33.1 Å². The summed E-state index contributed by atoms with van der Waals surface area (Å²) in [5, 5.41) is 9.08. The van der Waals surface area contributed by atoms with Crippen LogP contribution in [0.5, 0.6) is 0 Å². The Hall–Kier alpha value is -0.820. The molecule has 2 N–H and O–H groups in total. The minimum Gasteiger partial charge on any atom is -0.394 e. The van der Waals surface area contributed by atoms with E-state index in [4.69, 9.17) is 12.9 Å². The highest BCUT2D eigenvalue weighted by Gasteiger charge is 2.48. The van der Waals surface area contributed by atoms with Gasteiger partial charge in [0.15, 0.2) is 12.3 Å². The van der Waals surface area contributed by atoms with E-state index in [9.17, 15) is 14.1 Å². The van der Waals surface area contributed by atoms with Crippen molar-refractivity contribution in [2.24, 2.45) is 0 Å². The summed E-state index contributed by atoms with van der Waals surface area (Å²) >= 11 is 1.52. The lowest BCUT2D eigenvalue weighted by molar-refractivity contribution is -0.209. The predicted molar refractivity (Wildman–Crippen MR) is 67.2 cm³/mol. The average molecular weight is 388 g/mol. The first-order valence-electron chi connectivity index (χ1n) is 5.25. The fourth-order valence-corrected chi connectivity index (χ4v) is 2.45. The number of H-pyrrole nitrogens is 1. The zero-order valence-corrected chi connectivity index (χ0v) is 11.5. The van der Waals surface area contributed by atoms with E-state index >= 15 is 0 Å². The summed E-state index contributed by atoms with van der Waals surface area (Å²) in [6.45, 7) is -0.500. The van der Waals surface area contributed by atoms with E-state index in [0.29, 0.717) is 0 Å². The van der Waals surface area contributed by atoms with E-state index < -0.39 is 42.4 Å². The number of aromatic nitrogens is 2. The van der Waals surface area contributed by atoms with Crippen LogP contribution in [0.4, 0.5) is 4.53 Å². The average Bonchev–Trinajstić information content (AvgIpc) is 2.76. The fraction of sp³-hybridized carbons (Fsp3) is 0.556. The summed E-state index contributed by atoms with van der Waals surface area (Å²) in [7, 11) is 0. The summed E-state index contributed by atoms with van der Waals surface area (Å²) in [6, 6.07) is 1.12. The molecule has 0 bridgehead atoms. The monoisotopic (exact) mass is 388 g/mol. The van der Waals surface area contributed by atoms with Crippen molar-refractivity contribution < 1.29 is 22.4 Å². The molecule has 0 saturated carbocycles. The predicted octanol–water partition coefficient (Wildman–Crippen LogP) is -0.569. The van der Waals surface area contributed by atoms with Crippen LogP contribution in [0, 0.1) is 0 Å². The van der Waals surface area contributed by atoms with Gasteiger partial charge in [-0.2, -0.15) is 4.94 Å². The number of halogens is 2. The smallest absolute Gasteiger partial charge is 0.330 e. The molecule has 0 spiro atoms. The number of ether oxygens (including phenoxy) is 1. The summed E-state index contributed by atoms with van der Waals surface area (Å²) in [5.41, 5.74) is -1.30. The van der Waals surface area contributed by atoms with Crippen LogP contribution < -0.4 is 11.2 Å². The van der Waals surface area contributed by atoms with Crippen molar-refractivity contribution in [3.8, 4) is 0 Å². The Morgan fingerprint density at radius 3 is 2.79 bits per heavy atom. The number of aliphatic hydroxyl groups excluding tert-OH is 1. The Morgan fingerprint density at radius 2 is 2.26 bits per heavy atom. The largest absolute Gasteiger partial charge is 0.394 e. The SMILES string of the molecule is O=c1ccn(C2O[C@H](CO)[C@@H](OF)[C@@H]2OI)c(=O)[nH]1. The highest BCUT2D eigenvalue weighted by Crippen LogP contribution is 2.33. The van der Waals surface area contributed by atoms with Crippen molar-refractivity contribution in [2.45, 2.75) is 24.5 Å². The van der Waals surface area contributed by atoms with Crippen LogP contribution in [0.2, 0.25) is 0 Å². The first-order chi connectivity index (χ1) is 9.12. The van der Waals surface area contributed by atoms with Crippen molar-refractivity contribution in [3.63, 3.8) is 0 Å². The quantitative estimate of drug-likeness (QED) is 0.670. The van der Waals surface area contributed by atoms with Crippen molar-refractivity contribution in [1.29, 1.82) is 0 Å². The molecule has 0 radical (unpaired) electrons. The molecule has 1 fully saturated rings. The fourth-order valence-electron chi connectivity index (χ4n) is 1.91. The zero-order valence-electron chi connectivity index (χ0n) is 9.36. The molecule has 0 aliphatic carbocycles. The zero-order chi connectivity index (χ0) is 14.0. The Kier molecular flexibility index (Phi) is 4.67. The second-order valence-electron chi connectivity index (χ2n) is 3.87. The maximum Gasteiger partial charge on any atom is 0.330 e. The van der Waals surface area contributed by atoms with Gasteiger partial charge in [0.1, 0.15) is 35.2 Å². The molecule has 2 rings (SSSR count). The molecule has 1 aliphatic heterocycles. The van der Waals surface area contributed by atoms with Gasteiger partial charge in [-0.15, -0.1) is 0 Å². The lowest BCUT2D eigenvalue weighted by Gasteiger charge is -2.19. The van der Waals surface area contributed by atoms with Crippen molar-refractivity contribution in [1.82, 2.24) is 9.55 Å². The number of hydrogen-bond acceptors (Lipinski definition) is 6. The van der Waals surface area contributed by atoms with Crippen LogP contribution >= 0.6 is 23.0 Å². The van der Waals surface area contributed by atoms with Gasteiger partial charge in [0, 0.05) is 12.3 Å². The van der Waals surface area contributed by atoms with E-state index in [2.05, 4.69) is 4.94 Å². The van der Waals surface area contributed by atoms with Gasteiger partial charge >= 0.3 is 5.69 Å². The number of rotatable bonds is 4. The van der Waals surface area contributed by atoms with Crippen LogP contribution in [-0.4, -0.2) is 39.6 Å². The summed E-state index contributed by atoms with van der Waals surface area (Å²) in [5.74, 6) is 0. The molecule has 10 heteroatoms. The molecule has 106 valence electrons. The highest BCUT2D eigenvalue weighted by molar-refractivity contribution is 14.1. The standard InChI is InChI=1S/C9H10FIN2O6/c10-18-6-4(3-14)17-8(7(6)19-11)13-2-1-5(15)12-9(13)16/h1-2,4,6-8,14H,3H2,(H,12,15,16)/t4-,6-,7+,8?/m1/s1. The van der Waals surface area contributed by atoms with Gasteiger partial charge in [0.25, 0.3) is 5.56 Å². The maximum atomic E-state index is 12.5. The molecular formula is C9H10FIN2O6. The number of aliphatic hydroxyl groups is 1. The van der Waals surface area contributed by atoms with Crippen molar-refractivity contribution >= 4 is 23.0 Å². The second-order valence-corrected chi connectivity index (χ2v) is 4.38. The molecule has 1 aliphatic rings. The molecule has 1 saturated heterocycles. The van der Waals surface area contributed by atoms with E-state index in [1.165, 1.54) is 29.2 Å². The van der Waals surface area contributed by atoms with Crippen LogP contribution in [-0.2, 0) is 12.7 Å². The van der Waals surface area contributed by atoms with Crippen LogP contribution in [0.15, 0.2) is 21.9 Å². The molecule has 19 heavy (non-hydrogen) atoms. The third-order valence-electron chi connectivity index (χ3n) is 2.80. The maximum absolute atomic E-state index is 12.5. The molecule has 2 heterocycles. The third kappa shape index (κ3) is 2.72. The van der Waals surface area contributed by atoms with Gasteiger partial charge in [-0.05, 0) is 4.53 Å². The van der Waals surface area contributed by atoms with E-state index in [-0.39, 0.29) is 0 Å². The molecule has 4 atom stereocenters. The van der Waals surface area contributed by atoms with Gasteiger partial charge in [-0.1, -0.05) is 0 Å². The first kappa shape index (κ1) is 14.6. The van der Waals surface area contributed by atoms with Gasteiger partial charge in [0.05, 0.1) is 6.61 Å². The number of aromatic amines is 1. The number of nitrogens with zero attached hydrogens (tertiary/aromatic N) is 1. The molecule has 0 amide bonds. The third-order valence-corrected chi connectivity index (χ3v) is 3.38. The van der Waals surface area contributed by atoms with Crippen LogP contribution in [0.3, 0.4) is 0 Å². The number of hydrogen-bond donors (Lipinski definition) is 2. The first-order valence-corrected chi connectivity index (χ1v) is 6.13. The van der Waals surface area contributed by atoms with Crippen molar-refractivity contribution in [2.75, 3.05) is 6.61 Å².